The molecule has 32 heavy (non-hydrogen) atoms. The maximum absolute atomic E-state index is 14.1. The molecule has 1 heterocycles. The van der Waals surface area contributed by atoms with E-state index in [1.165, 1.54) is 25.0 Å². The molecule has 2 aromatic carbocycles. The van der Waals surface area contributed by atoms with Crippen LogP contribution in [0.1, 0.15) is 42.9 Å². The Labute approximate surface area is 191 Å². The zero-order valence-corrected chi connectivity index (χ0v) is 19.4. The van der Waals surface area contributed by atoms with Crippen molar-refractivity contribution in [2.75, 3.05) is 32.4 Å². The predicted molar refractivity (Wildman–Crippen MR) is 129 cm³/mol. The molecule has 1 unspecified atom stereocenters. The number of nitrogens with zero attached hydrogens (tertiary/aromatic N) is 1. The van der Waals surface area contributed by atoms with Crippen molar-refractivity contribution in [3.8, 4) is 0 Å². The van der Waals surface area contributed by atoms with Gasteiger partial charge >= 0.3 is 0 Å². The molecule has 168 valence electrons. The molecular weight excluding hydrogens is 423 g/mol. The molecule has 1 saturated heterocycles. The average molecular weight is 453 g/mol. The van der Waals surface area contributed by atoms with E-state index in [0.29, 0.717) is 6.54 Å². The molecule has 1 aliphatic carbocycles. The molecular formula is C26H29FN2O2S. The minimum absolute atomic E-state index is 0.0372. The smallest absolute Gasteiger partial charge is 0.224 e. The molecule has 1 fully saturated rings. The minimum atomic E-state index is -1.02. The van der Waals surface area contributed by atoms with Crippen LogP contribution < -0.4 is 5.32 Å². The van der Waals surface area contributed by atoms with E-state index < -0.39 is 10.8 Å². The van der Waals surface area contributed by atoms with Crippen LogP contribution in [0.2, 0.25) is 0 Å². The zero-order valence-electron chi connectivity index (χ0n) is 18.6. The summed E-state index contributed by atoms with van der Waals surface area (Å²) >= 11 is 0. The number of hydrogen-bond acceptors (Lipinski definition) is 3. The Bertz CT molecular complexity index is 1100. The van der Waals surface area contributed by atoms with E-state index in [4.69, 9.17) is 0 Å². The van der Waals surface area contributed by atoms with Gasteiger partial charge in [-0.15, -0.1) is 0 Å². The van der Waals surface area contributed by atoms with Crippen LogP contribution in [0.15, 0.2) is 52.9 Å². The van der Waals surface area contributed by atoms with Crippen LogP contribution in [0.3, 0.4) is 0 Å². The normalized spacial score (nSPS) is 18.3. The van der Waals surface area contributed by atoms with Crippen LogP contribution in [0.4, 0.5) is 4.39 Å². The number of hydrogen-bond donors (Lipinski definition) is 1. The highest BCUT2D eigenvalue weighted by molar-refractivity contribution is 7.84. The Hall–Kier alpha value is -2.57. The molecule has 0 bridgehead atoms. The van der Waals surface area contributed by atoms with E-state index in [-0.39, 0.29) is 18.1 Å². The van der Waals surface area contributed by atoms with Gasteiger partial charge in [0.05, 0.1) is 6.42 Å². The number of allylic oxidation sites excluding steroid dienone is 2. The monoisotopic (exact) mass is 452 g/mol. The maximum Gasteiger partial charge on any atom is 0.224 e. The van der Waals surface area contributed by atoms with Gasteiger partial charge in [-0.25, -0.2) is 4.39 Å². The van der Waals surface area contributed by atoms with Crippen LogP contribution in [-0.4, -0.2) is 47.5 Å². The van der Waals surface area contributed by atoms with E-state index in [9.17, 15) is 13.4 Å². The molecule has 4 rings (SSSR count). The summed E-state index contributed by atoms with van der Waals surface area (Å²) in [5.74, 6) is -0.343. The summed E-state index contributed by atoms with van der Waals surface area (Å²) in [5.41, 5.74) is 5.55. The molecule has 0 spiro atoms. The van der Waals surface area contributed by atoms with Crippen LogP contribution in [-0.2, 0) is 15.6 Å². The lowest BCUT2D eigenvalue weighted by Gasteiger charge is -2.15. The summed E-state index contributed by atoms with van der Waals surface area (Å²) in [4.78, 5) is 15.8. The largest absolute Gasteiger partial charge is 0.355 e. The number of halogens is 1. The highest BCUT2D eigenvalue weighted by Gasteiger charge is 2.25. The van der Waals surface area contributed by atoms with Crippen molar-refractivity contribution < 1.29 is 13.4 Å². The molecule has 2 aromatic rings. The van der Waals surface area contributed by atoms with Gasteiger partial charge in [0.1, 0.15) is 5.82 Å². The van der Waals surface area contributed by atoms with Crippen LogP contribution in [0, 0.1) is 5.82 Å². The molecule has 0 saturated carbocycles. The fraction of sp³-hybridized carbons (Fsp3) is 0.346. The van der Waals surface area contributed by atoms with Crippen molar-refractivity contribution in [2.24, 2.45) is 0 Å². The molecule has 0 aromatic heterocycles. The number of rotatable bonds is 7. The van der Waals surface area contributed by atoms with Crippen molar-refractivity contribution in [2.45, 2.75) is 31.1 Å². The van der Waals surface area contributed by atoms with Crippen LogP contribution in [0.5, 0.6) is 0 Å². The number of amides is 1. The zero-order chi connectivity index (χ0) is 22.7. The summed E-state index contributed by atoms with van der Waals surface area (Å²) in [6, 6.07) is 12.4. The third kappa shape index (κ3) is 5.08. The van der Waals surface area contributed by atoms with E-state index >= 15 is 0 Å². The summed E-state index contributed by atoms with van der Waals surface area (Å²) in [7, 11) is -1.02. The lowest BCUT2D eigenvalue weighted by molar-refractivity contribution is -0.120. The van der Waals surface area contributed by atoms with Gasteiger partial charge in [0, 0.05) is 35.0 Å². The Morgan fingerprint density at radius 2 is 1.84 bits per heavy atom. The summed E-state index contributed by atoms with van der Waals surface area (Å²) < 4.78 is 25.7. The lowest BCUT2D eigenvalue weighted by Crippen LogP contribution is -2.33. The summed E-state index contributed by atoms with van der Waals surface area (Å²) in [6.07, 6.45) is 6.40. The first-order valence-electron chi connectivity index (χ1n) is 11.1. The quantitative estimate of drug-likeness (QED) is 0.673. The third-order valence-electron chi connectivity index (χ3n) is 6.26. The summed E-state index contributed by atoms with van der Waals surface area (Å²) in [5, 5.41) is 3.03. The molecule has 4 nitrogen and oxygen atoms in total. The highest BCUT2D eigenvalue weighted by atomic mass is 32.2. The van der Waals surface area contributed by atoms with Crippen molar-refractivity contribution in [3.63, 3.8) is 0 Å². The number of likely N-dealkylation sites (tertiary alicyclic amines) is 1. The molecule has 6 heteroatoms. The topological polar surface area (TPSA) is 49.4 Å². The number of carbonyl (C=O) groups is 1. The van der Waals surface area contributed by atoms with E-state index in [0.717, 1.165) is 57.9 Å². The molecule has 1 aliphatic heterocycles. The predicted octanol–water partition coefficient (Wildman–Crippen LogP) is 4.49. The average Bonchev–Trinajstić information content (AvgIpc) is 3.37. The number of benzene rings is 2. The second-order valence-electron chi connectivity index (χ2n) is 8.45. The van der Waals surface area contributed by atoms with Gasteiger partial charge in [-0.3, -0.25) is 9.00 Å². The van der Waals surface area contributed by atoms with Crippen molar-refractivity contribution in [3.05, 3.63) is 70.5 Å². The molecule has 1 N–H and O–H groups in total. The van der Waals surface area contributed by atoms with Gasteiger partial charge in [-0.1, -0.05) is 18.2 Å². The maximum atomic E-state index is 14.1. The van der Waals surface area contributed by atoms with Gasteiger partial charge in [0.15, 0.2) is 0 Å². The number of fused-ring (bicyclic) bond motifs is 1. The van der Waals surface area contributed by atoms with Crippen molar-refractivity contribution in [1.29, 1.82) is 0 Å². The van der Waals surface area contributed by atoms with E-state index in [1.54, 1.807) is 12.3 Å². The SMILES string of the molecule is CC1=C(CC(=O)NCCN2CCCC2)c2cc(F)ccc2/C1=C\c1ccc(S(C)=O)cc1. The first-order chi connectivity index (χ1) is 15.4. The molecule has 2 aliphatic rings. The fourth-order valence-electron chi connectivity index (χ4n) is 4.49. The van der Waals surface area contributed by atoms with Gasteiger partial charge in [-0.2, -0.15) is 0 Å². The molecule has 1 amide bonds. The van der Waals surface area contributed by atoms with Crippen molar-refractivity contribution in [1.82, 2.24) is 10.2 Å². The van der Waals surface area contributed by atoms with E-state index in [1.807, 2.05) is 37.3 Å². The number of nitrogens with one attached hydrogen (secondary N) is 1. The first-order valence-corrected chi connectivity index (χ1v) is 12.6. The number of carbonyl (C=O) groups excluding carboxylic acids is 1. The van der Waals surface area contributed by atoms with Gasteiger partial charge in [0.2, 0.25) is 5.91 Å². The second-order valence-corrected chi connectivity index (χ2v) is 9.83. The van der Waals surface area contributed by atoms with Crippen LogP contribution in [0.25, 0.3) is 17.2 Å². The minimum Gasteiger partial charge on any atom is -0.355 e. The first kappa shape index (κ1) is 22.6. The van der Waals surface area contributed by atoms with Gasteiger partial charge in [0.25, 0.3) is 0 Å². The molecule has 0 radical (unpaired) electrons. The van der Waals surface area contributed by atoms with Crippen molar-refractivity contribution >= 4 is 33.9 Å². The van der Waals surface area contributed by atoms with E-state index in [2.05, 4.69) is 10.2 Å². The Balaban J connectivity index is 1.55. The second kappa shape index (κ2) is 9.92. The standard InChI is InChI=1S/C26H29FN2O2S/c1-18-23(15-19-5-8-21(9-6-19)32(2)31)22-10-7-20(27)16-25(22)24(18)17-26(30)28-11-14-29-12-3-4-13-29/h5-10,15-16H,3-4,11-14,17H2,1-2H3,(H,28,30)/b23-15-. The molecule has 1 atom stereocenters. The third-order valence-corrected chi connectivity index (χ3v) is 7.20. The van der Waals surface area contributed by atoms with Crippen LogP contribution >= 0.6 is 0 Å². The Morgan fingerprint density at radius 3 is 2.53 bits per heavy atom. The lowest BCUT2D eigenvalue weighted by atomic mass is 10.0. The Kier molecular flexibility index (Phi) is 7.01. The van der Waals surface area contributed by atoms with Gasteiger partial charge < -0.3 is 10.2 Å². The highest BCUT2D eigenvalue weighted by Crippen LogP contribution is 2.43. The Morgan fingerprint density at radius 1 is 1.12 bits per heavy atom. The van der Waals surface area contributed by atoms with Gasteiger partial charge in [-0.05, 0) is 96.6 Å². The summed E-state index contributed by atoms with van der Waals surface area (Å²) in [6.45, 7) is 5.71. The fourth-order valence-corrected chi connectivity index (χ4v) is 5.01.